The van der Waals surface area contributed by atoms with Crippen LogP contribution in [0.4, 0.5) is 10.8 Å². The minimum absolute atomic E-state index is 0.161. The predicted octanol–water partition coefficient (Wildman–Crippen LogP) is 3.52. The average molecular weight is 457 g/mol. The Bertz CT molecular complexity index is 1180. The minimum Gasteiger partial charge on any atom is -0.368 e. The number of hydrogen-bond acceptors (Lipinski definition) is 6. The second kappa shape index (κ2) is 8.68. The highest BCUT2D eigenvalue weighted by Crippen LogP contribution is 2.23. The fourth-order valence-corrected chi connectivity index (χ4v) is 5.40. The molecular weight excluding hydrogens is 432 g/mol. The van der Waals surface area contributed by atoms with Crippen molar-refractivity contribution in [3.8, 4) is 0 Å². The van der Waals surface area contributed by atoms with Crippen LogP contribution < -0.4 is 9.62 Å². The molecule has 1 fully saturated rings. The van der Waals surface area contributed by atoms with Gasteiger partial charge in [-0.15, -0.1) is 11.3 Å². The maximum Gasteiger partial charge on any atom is 0.273 e. The van der Waals surface area contributed by atoms with Gasteiger partial charge in [0.1, 0.15) is 5.69 Å². The van der Waals surface area contributed by atoms with Gasteiger partial charge in [0.05, 0.1) is 4.90 Å². The van der Waals surface area contributed by atoms with E-state index in [0.717, 1.165) is 35.7 Å². The number of carbonyl (C=O) groups excluding carboxylic acids is 1. The summed E-state index contributed by atoms with van der Waals surface area (Å²) in [6.45, 7) is 6.63. The van der Waals surface area contributed by atoms with Crippen molar-refractivity contribution in [1.29, 1.82) is 0 Å². The van der Waals surface area contributed by atoms with Gasteiger partial charge in [0, 0.05) is 37.2 Å². The van der Waals surface area contributed by atoms with Gasteiger partial charge in [-0.05, 0) is 43.7 Å². The van der Waals surface area contributed by atoms with Gasteiger partial charge in [0.15, 0.2) is 5.13 Å². The van der Waals surface area contributed by atoms with E-state index in [0.29, 0.717) is 13.1 Å². The molecule has 7 nitrogen and oxygen atoms in total. The molecule has 1 saturated heterocycles. The van der Waals surface area contributed by atoms with E-state index >= 15 is 0 Å². The summed E-state index contributed by atoms with van der Waals surface area (Å²) in [6, 6.07) is 14.9. The molecule has 0 saturated carbocycles. The predicted molar refractivity (Wildman–Crippen MR) is 123 cm³/mol. The number of piperazine rings is 1. The van der Waals surface area contributed by atoms with Crippen LogP contribution in [0, 0.1) is 13.8 Å². The molecule has 1 amide bonds. The number of carbonyl (C=O) groups is 1. The number of hydrogen-bond donors (Lipinski definition) is 1. The first-order valence-electron chi connectivity index (χ1n) is 9.98. The van der Waals surface area contributed by atoms with Crippen LogP contribution in [0.15, 0.2) is 58.8 Å². The van der Waals surface area contributed by atoms with Gasteiger partial charge in [-0.2, -0.15) is 0 Å². The Kier molecular flexibility index (Phi) is 5.97. The summed E-state index contributed by atoms with van der Waals surface area (Å²) >= 11 is 1.11. The zero-order chi connectivity index (χ0) is 22.0. The molecule has 4 rings (SSSR count). The summed E-state index contributed by atoms with van der Waals surface area (Å²) in [7, 11) is -3.74. The Morgan fingerprint density at radius 1 is 1.00 bits per heavy atom. The molecule has 1 aliphatic rings. The summed E-state index contributed by atoms with van der Waals surface area (Å²) in [4.78, 5) is 21.3. The van der Waals surface area contributed by atoms with Crippen LogP contribution in [0.25, 0.3) is 0 Å². The first-order chi connectivity index (χ1) is 14.8. The molecule has 0 radical (unpaired) electrons. The highest BCUT2D eigenvalue weighted by Gasteiger charge is 2.25. The monoisotopic (exact) mass is 456 g/mol. The number of nitrogens with one attached hydrogen (secondary N) is 1. The average Bonchev–Trinajstić information content (AvgIpc) is 3.21. The fourth-order valence-electron chi connectivity index (χ4n) is 3.46. The van der Waals surface area contributed by atoms with Gasteiger partial charge in [-0.25, -0.2) is 13.4 Å². The van der Waals surface area contributed by atoms with Crippen LogP contribution in [-0.2, 0) is 10.0 Å². The number of anilines is 2. The molecule has 0 unspecified atom stereocenters. The van der Waals surface area contributed by atoms with Gasteiger partial charge in [0.25, 0.3) is 15.9 Å². The lowest BCUT2D eigenvalue weighted by Gasteiger charge is -2.36. The molecule has 31 heavy (non-hydrogen) atoms. The van der Waals surface area contributed by atoms with Crippen LogP contribution in [0.1, 0.15) is 21.6 Å². The quantitative estimate of drug-likeness (QED) is 0.635. The SMILES string of the molecule is Cc1ccc(S(=O)(=O)Nc2nc(C(=O)N3CCN(c4cccc(C)c4)CC3)cs2)cc1. The van der Waals surface area contributed by atoms with Gasteiger partial charge < -0.3 is 9.80 Å². The molecule has 1 N–H and O–H groups in total. The second-order valence-electron chi connectivity index (χ2n) is 7.57. The fraction of sp³-hybridized carbons (Fsp3) is 0.273. The van der Waals surface area contributed by atoms with E-state index in [1.165, 1.54) is 5.56 Å². The maximum absolute atomic E-state index is 12.9. The second-order valence-corrected chi connectivity index (χ2v) is 10.1. The number of nitrogens with zero attached hydrogens (tertiary/aromatic N) is 3. The van der Waals surface area contributed by atoms with Crippen LogP contribution in [0.3, 0.4) is 0 Å². The van der Waals surface area contributed by atoms with Crippen LogP contribution in [-0.4, -0.2) is 50.4 Å². The summed E-state index contributed by atoms with van der Waals surface area (Å²) in [5.74, 6) is -0.180. The van der Waals surface area contributed by atoms with Crippen molar-refractivity contribution in [2.45, 2.75) is 18.7 Å². The summed E-state index contributed by atoms with van der Waals surface area (Å²) in [5, 5.41) is 1.78. The largest absolute Gasteiger partial charge is 0.368 e. The molecular formula is C22H24N4O3S2. The summed E-state index contributed by atoms with van der Waals surface area (Å²) < 4.78 is 27.6. The number of benzene rings is 2. The zero-order valence-electron chi connectivity index (χ0n) is 17.4. The molecule has 2 aromatic carbocycles. The molecule has 0 aliphatic carbocycles. The summed E-state index contributed by atoms with van der Waals surface area (Å²) in [5.41, 5.74) is 3.60. The van der Waals surface area contributed by atoms with E-state index in [2.05, 4.69) is 39.7 Å². The molecule has 162 valence electrons. The number of sulfonamides is 1. The van der Waals surface area contributed by atoms with E-state index in [9.17, 15) is 13.2 Å². The number of aryl methyl sites for hydroxylation is 2. The van der Waals surface area contributed by atoms with Crippen molar-refractivity contribution < 1.29 is 13.2 Å². The van der Waals surface area contributed by atoms with Crippen molar-refractivity contribution in [1.82, 2.24) is 9.88 Å². The molecule has 1 aromatic heterocycles. The Labute approximate surface area is 186 Å². The van der Waals surface area contributed by atoms with Gasteiger partial charge >= 0.3 is 0 Å². The molecule has 0 bridgehead atoms. The maximum atomic E-state index is 12.9. The Morgan fingerprint density at radius 2 is 1.71 bits per heavy atom. The van der Waals surface area contributed by atoms with E-state index < -0.39 is 10.0 Å². The van der Waals surface area contributed by atoms with Crippen molar-refractivity contribution >= 4 is 38.1 Å². The number of amides is 1. The van der Waals surface area contributed by atoms with Crippen molar-refractivity contribution in [2.24, 2.45) is 0 Å². The third kappa shape index (κ3) is 4.88. The van der Waals surface area contributed by atoms with E-state index in [1.54, 1.807) is 34.5 Å². The van der Waals surface area contributed by atoms with Gasteiger partial charge in [0.2, 0.25) is 0 Å². The Morgan fingerprint density at radius 3 is 2.39 bits per heavy atom. The third-order valence-electron chi connectivity index (χ3n) is 5.21. The summed E-state index contributed by atoms with van der Waals surface area (Å²) in [6.07, 6.45) is 0. The third-order valence-corrected chi connectivity index (χ3v) is 7.45. The number of rotatable bonds is 5. The van der Waals surface area contributed by atoms with Crippen LogP contribution >= 0.6 is 11.3 Å². The highest BCUT2D eigenvalue weighted by atomic mass is 32.2. The molecule has 9 heteroatoms. The number of thiazole rings is 1. The van der Waals surface area contributed by atoms with E-state index in [4.69, 9.17) is 0 Å². The molecule has 2 heterocycles. The Balaban J connectivity index is 1.39. The van der Waals surface area contributed by atoms with Crippen molar-refractivity contribution in [2.75, 3.05) is 35.8 Å². The van der Waals surface area contributed by atoms with Gasteiger partial charge in [-0.3, -0.25) is 9.52 Å². The Hall–Kier alpha value is -2.91. The standard InChI is InChI=1S/C22H24N4O3S2/c1-16-6-8-19(9-7-16)31(28,29)24-22-23-20(15-30-22)21(27)26-12-10-25(11-13-26)18-5-3-4-17(2)14-18/h3-9,14-15H,10-13H2,1-2H3,(H,23,24). The lowest BCUT2D eigenvalue weighted by atomic mass is 10.2. The minimum atomic E-state index is -3.74. The highest BCUT2D eigenvalue weighted by molar-refractivity contribution is 7.93. The first kappa shape index (κ1) is 21.3. The topological polar surface area (TPSA) is 82.6 Å². The molecule has 3 aromatic rings. The van der Waals surface area contributed by atoms with Crippen LogP contribution in [0.5, 0.6) is 0 Å². The smallest absolute Gasteiger partial charge is 0.273 e. The van der Waals surface area contributed by atoms with Gasteiger partial charge in [-0.1, -0.05) is 29.8 Å². The lowest BCUT2D eigenvalue weighted by molar-refractivity contribution is 0.0742. The molecule has 0 spiro atoms. The normalized spacial score (nSPS) is 14.5. The zero-order valence-corrected chi connectivity index (χ0v) is 19.0. The van der Waals surface area contributed by atoms with Crippen molar-refractivity contribution in [3.05, 3.63) is 70.7 Å². The molecule has 0 atom stereocenters. The lowest BCUT2D eigenvalue weighted by Crippen LogP contribution is -2.48. The first-order valence-corrected chi connectivity index (χ1v) is 12.3. The molecule has 1 aliphatic heterocycles. The number of aromatic nitrogens is 1. The van der Waals surface area contributed by atoms with Crippen molar-refractivity contribution in [3.63, 3.8) is 0 Å². The van der Waals surface area contributed by atoms with E-state index in [1.807, 2.05) is 13.0 Å². The van der Waals surface area contributed by atoms with Crippen LogP contribution in [0.2, 0.25) is 0 Å². The van der Waals surface area contributed by atoms with E-state index in [-0.39, 0.29) is 21.6 Å².